The Kier molecular flexibility index (Phi) is 7.20. The molecule has 0 bridgehead atoms. The SMILES string of the molecule is C=NCCC(CC1COC2C(CC(CCN)C3=CC=CC3)CCC12)C1=CC=CC1. The summed E-state index contributed by atoms with van der Waals surface area (Å²) in [7, 11) is 0. The van der Waals surface area contributed by atoms with Crippen molar-refractivity contribution < 1.29 is 4.74 Å². The van der Waals surface area contributed by atoms with E-state index < -0.39 is 0 Å². The van der Waals surface area contributed by atoms with Gasteiger partial charge in [0.1, 0.15) is 0 Å². The molecule has 158 valence electrons. The number of fused-ring (bicyclic) bond motifs is 1. The van der Waals surface area contributed by atoms with Gasteiger partial charge in [0, 0.05) is 6.54 Å². The molecule has 0 aromatic carbocycles. The normalized spacial score (nSPS) is 32.3. The minimum atomic E-state index is 0.476. The van der Waals surface area contributed by atoms with Crippen LogP contribution in [0, 0.1) is 29.6 Å². The van der Waals surface area contributed by atoms with E-state index in [4.69, 9.17) is 10.5 Å². The topological polar surface area (TPSA) is 47.6 Å². The smallest absolute Gasteiger partial charge is 0.0635 e. The van der Waals surface area contributed by atoms with Crippen LogP contribution in [0.1, 0.15) is 51.4 Å². The molecule has 4 rings (SSSR count). The van der Waals surface area contributed by atoms with Gasteiger partial charge in [-0.15, -0.1) is 0 Å². The maximum absolute atomic E-state index is 6.47. The molecular weight excluding hydrogens is 356 g/mol. The Bertz CT molecular complexity index is 689. The van der Waals surface area contributed by atoms with E-state index >= 15 is 0 Å². The van der Waals surface area contributed by atoms with Gasteiger partial charge in [0.05, 0.1) is 12.7 Å². The molecule has 3 heteroatoms. The summed E-state index contributed by atoms with van der Waals surface area (Å²) in [6.45, 7) is 6.31. The van der Waals surface area contributed by atoms with Crippen LogP contribution in [0.4, 0.5) is 0 Å². The number of hydrogen-bond donors (Lipinski definition) is 1. The van der Waals surface area contributed by atoms with Gasteiger partial charge in [0.25, 0.3) is 0 Å². The molecule has 4 aliphatic rings. The molecule has 3 nitrogen and oxygen atoms in total. The molecule has 0 aromatic rings. The molecule has 3 aliphatic carbocycles. The Morgan fingerprint density at radius 2 is 1.69 bits per heavy atom. The second-order valence-electron chi connectivity index (χ2n) is 9.49. The lowest BCUT2D eigenvalue weighted by Crippen LogP contribution is -2.24. The average molecular weight is 395 g/mol. The molecule has 0 amide bonds. The fourth-order valence-electron chi connectivity index (χ4n) is 6.32. The molecule has 2 fully saturated rings. The number of ether oxygens (including phenoxy) is 1. The molecule has 1 heterocycles. The van der Waals surface area contributed by atoms with Crippen molar-refractivity contribution in [1.82, 2.24) is 0 Å². The predicted molar refractivity (Wildman–Crippen MR) is 122 cm³/mol. The Labute approximate surface area is 176 Å². The van der Waals surface area contributed by atoms with Gasteiger partial charge in [0.15, 0.2) is 0 Å². The first-order chi connectivity index (χ1) is 14.3. The van der Waals surface area contributed by atoms with Gasteiger partial charge in [-0.25, -0.2) is 0 Å². The number of allylic oxidation sites excluding steroid dienone is 8. The summed E-state index contributed by atoms with van der Waals surface area (Å²) in [6.07, 6.45) is 23.8. The molecule has 0 radical (unpaired) electrons. The van der Waals surface area contributed by atoms with Crippen molar-refractivity contribution in [1.29, 1.82) is 0 Å². The molecule has 29 heavy (non-hydrogen) atoms. The largest absolute Gasteiger partial charge is 0.377 e. The second-order valence-corrected chi connectivity index (χ2v) is 9.49. The van der Waals surface area contributed by atoms with Gasteiger partial charge < -0.3 is 15.5 Å². The van der Waals surface area contributed by atoms with Gasteiger partial charge in [-0.3, -0.25) is 0 Å². The second kappa shape index (κ2) is 10.0. The third-order valence-corrected chi connectivity index (χ3v) is 7.84. The molecule has 1 saturated heterocycles. The lowest BCUT2D eigenvalue weighted by molar-refractivity contribution is 0.0565. The zero-order valence-electron chi connectivity index (χ0n) is 17.8. The van der Waals surface area contributed by atoms with Crippen LogP contribution in [0.5, 0.6) is 0 Å². The Morgan fingerprint density at radius 1 is 1.00 bits per heavy atom. The van der Waals surface area contributed by atoms with Crippen LogP contribution >= 0.6 is 0 Å². The predicted octanol–water partition coefficient (Wildman–Crippen LogP) is 5.25. The third kappa shape index (κ3) is 4.83. The van der Waals surface area contributed by atoms with Gasteiger partial charge in [-0.1, -0.05) is 47.6 Å². The van der Waals surface area contributed by atoms with Gasteiger partial charge >= 0.3 is 0 Å². The summed E-state index contributed by atoms with van der Waals surface area (Å²) in [5, 5.41) is 0. The van der Waals surface area contributed by atoms with E-state index in [1.807, 2.05) is 0 Å². The summed E-state index contributed by atoms with van der Waals surface area (Å²) in [5.41, 5.74) is 9.14. The van der Waals surface area contributed by atoms with Crippen LogP contribution in [0.3, 0.4) is 0 Å². The molecule has 1 aliphatic heterocycles. The number of nitrogens with two attached hydrogens (primary N) is 1. The standard InChI is InChI=1S/C26H38N2O/c1-28-15-13-22(20-8-4-5-9-20)17-24-18-29-26-23(10-11-25(24)26)16-21(12-14-27)19-6-2-3-7-19/h2-6,8,21-26H,1,7,9-18,27H2. The molecule has 0 spiro atoms. The van der Waals surface area contributed by atoms with Gasteiger partial charge in [-0.2, -0.15) is 0 Å². The Balaban J connectivity index is 1.36. The number of aliphatic imine (C=N–C) groups is 1. The van der Waals surface area contributed by atoms with Crippen LogP contribution in [-0.4, -0.2) is 32.5 Å². The van der Waals surface area contributed by atoms with Crippen molar-refractivity contribution in [3.05, 3.63) is 47.6 Å². The maximum Gasteiger partial charge on any atom is 0.0635 e. The van der Waals surface area contributed by atoms with Gasteiger partial charge in [0.2, 0.25) is 0 Å². The zero-order valence-corrected chi connectivity index (χ0v) is 17.8. The van der Waals surface area contributed by atoms with E-state index in [1.54, 1.807) is 11.1 Å². The van der Waals surface area contributed by atoms with Crippen LogP contribution in [0.25, 0.3) is 0 Å². The van der Waals surface area contributed by atoms with Gasteiger partial charge in [-0.05, 0) is 94.2 Å². The highest BCUT2D eigenvalue weighted by Crippen LogP contribution is 2.49. The minimum absolute atomic E-state index is 0.476. The highest BCUT2D eigenvalue weighted by atomic mass is 16.5. The van der Waals surface area contributed by atoms with Crippen molar-refractivity contribution >= 4 is 6.72 Å². The summed E-state index contributed by atoms with van der Waals surface area (Å²) >= 11 is 0. The number of nitrogens with zero attached hydrogens (tertiary/aromatic N) is 1. The maximum atomic E-state index is 6.47. The highest BCUT2D eigenvalue weighted by molar-refractivity contribution is 5.27. The van der Waals surface area contributed by atoms with E-state index in [1.165, 1.54) is 25.7 Å². The van der Waals surface area contributed by atoms with E-state index in [0.717, 1.165) is 51.3 Å². The van der Waals surface area contributed by atoms with Crippen molar-refractivity contribution in [2.75, 3.05) is 19.7 Å². The fourth-order valence-corrected chi connectivity index (χ4v) is 6.32. The first-order valence-electron chi connectivity index (χ1n) is 11.8. The summed E-state index contributed by atoms with van der Waals surface area (Å²) in [4.78, 5) is 4.14. The number of rotatable bonds is 11. The van der Waals surface area contributed by atoms with Crippen LogP contribution in [0.2, 0.25) is 0 Å². The van der Waals surface area contributed by atoms with Crippen LogP contribution in [-0.2, 0) is 4.74 Å². The van der Waals surface area contributed by atoms with Crippen LogP contribution in [0.15, 0.2) is 52.6 Å². The fraction of sp³-hybridized carbons (Fsp3) is 0.654. The van der Waals surface area contributed by atoms with E-state index in [-0.39, 0.29) is 0 Å². The first-order valence-corrected chi connectivity index (χ1v) is 11.8. The summed E-state index contributed by atoms with van der Waals surface area (Å²) in [5.74, 6) is 3.46. The third-order valence-electron chi connectivity index (χ3n) is 7.84. The molecule has 6 unspecified atom stereocenters. The lowest BCUT2D eigenvalue weighted by atomic mass is 9.79. The molecular formula is C26H38N2O. The monoisotopic (exact) mass is 394 g/mol. The number of hydrogen-bond acceptors (Lipinski definition) is 3. The molecule has 6 atom stereocenters. The molecule has 1 saturated carbocycles. The molecule has 2 N–H and O–H groups in total. The molecule has 0 aromatic heterocycles. The van der Waals surface area contributed by atoms with Crippen molar-refractivity contribution in [3.63, 3.8) is 0 Å². The van der Waals surface area contributed by atoms with Crippen LogP contribution < -0.4 is 5.73 Å². The van der Waals surface area contributed by atoms with E-state index in [0.29, 0.717) is 29.8 Å². The highest BCUT2D eigenvalue weighted by Gasteiger charge is 2.46. The van der Waals surface area contributed by atoms with E-state index in [2.05, 4.69) is 48.2 Å². The van der Waals surface area contributed by atoms with E-state index in [9.17, 15) is 0 Å². The summed E-state index contributed by atoms with van der Waals surface area (Å²) in [6, 6.07) is 0. The first kappa shape index (κ1) is 20.8. The zero-order chi connectivity index (χ0) is 20.1. The summed E-state index contributed by atoms with van der Waals surface area (Å²) < 4.78 is 6.47. The Hall–Kier alpha value is -1.45. The van der Waals surface area contributed by atoms with Crippen molar-refractivity contribution in [3.8, 4) is 0 Å². The van der Waals surface area contributed by atoms with Crippen molar-refractivity contribution in [2.45, 2.75) is 57.5 Å². The average Bonchev–Trinajstić information content (AvgIpc) is 3.52. The van der Waals surface area contributed by atoms with Crippen molar-refractivity contribution in [2.24, 2.45) is 40.3 Å². The lowest BCUT2D eigenvalue weighted by Gasteiger charge is -2.26. The minimum Gasteiger partial charge on any atom is -0.377 e. The quantitative estimate of drug-likeness (QED) is 0.486. The Morgan fingerprint density at radius 3 is 2.31 bits per heavy atom.